The molecule has 0 bridgehead atoms. The first-order chi connectivity index (χ1) is 9.36. The highest BCUT2D eigenvalue weighted by molar-refractivity contribution is 5.38. The predicted octanol–water partition coefficient (Wildman–Crippen LogP) is 4.83. The molecule has 2 aromatic carbocycles. The zero-order valence-corrected chi connectivity index (χ0v) is 11.1. The lowest BCUT2D eigenvalue weighted by molar-refractivity contribution is 0.371. The van der Waals surface area contributed by atoms with Crippen molar-refractivity contribution in [1.29, 1.82) is 0 Å². The lowest BCUT2D eigenvalue weighted by Gasteiger charge is -2.32. The van der Waals surface area contributed by atoms with Crippen molar-refractivity contribution in [3.63, 3.8) is 0 Å². The molecule has 1 saturated carbocycles. The van der Waals surface area contributed by atoms with Crippen LogP contribution in [0, 0.1) is 0 Å². The van der Waals surface area contributed by atoms with Crippen molar-refractivity contribution in [2.24, 2.45) is 0 Å². The van der Waals surface area contributed by atoms with E-state index in [-0.39, 0.29) is 0 Å². The Morgan fingerprint density at radius 1 is 0.737 bits per heavy atom. The van der Waals surface area contributed by atoms with E-state index < -0.39 is 0 Å². The minimum atomic E-state index is 0.454. The van der Waals surface area contributed by atoms with Gasteiger partial charge in [-0.3, -0.25) is 0 Å². The van der Waals surface area contributed by atoms with Crippen LogP contribution in [-0.2, 0) is 0 Å². The Kier molecular flexibility index (Phi) is 3.54. The molecule has 1 N–H and O–H groups in total. The zero-order chi connectivity index (χ0) is 13.1. The van der Waals surface area contributed by atoms with E-state index in [1.807, 2.05) is 18.2 Å². The second kappa shape index (κ2) is 5.48. The average molecular weight is 252 g/mol. The van der Waals surface area contributed by atoms with E-state index in [9.17, 15) is 5.11 Å². The van der Waals surface area contributed by atoms with Crippen molar-refractivity contribution in [1.82, 2.24) is 0 Å². The van der Waals surface area contributed by atoms with Crippen LogP contribution in [0.4, 0.5) is 0 Å². The van der Waals surface area contributed by atoms with Crippen LogP contribution in [0.3, 0.4) is 0 Å². The summed E-state index contributed by atoms with van der Waals surface area (Å²) in [7, 11) is 0. The van der Waals surface area contributed by atoms with Gasteiger partial charge >= 0.3 is 0 Å². The van der Waals surface area contributed by atoms with Gasteiger partial charge in [-0.2, -0.15) is 0 Å². The molecule has 1 nitrogen and oxygen atoms in total. The van der Waals surface area contributed by atoms with Gasteiger partial charge in [-0.15, -0.1) is 0 Å². The lowest BCUT2D eigenvalue weighted by atomic mass is 9.72. The number of phenols is 1. The van der Waals surface area contributed by atoms with Gasteiger partial charge < -0.3 is 5.11 Å². The van der Waals surface area contributed by atoms with Gasteiger partial charge in [-0.1, -0.05) is 61.4 Å². The Bertz CT molecular complexity index is 532. The first-order valence-corrected chi connectivity index (χ1v) is 7.19. The number of benzene rings is 2. The zero-order valence-electron chi connectivity index (χ0n) is 11.1. The van der Waals surface area contributed by atoms with E-state index in [4.69, 9.17) is 0 Å². The van der Waals surface area contributed by atoms with Crippen LogP contribution in [0.25, 0.3) is 0 Å². The molecular formula is C18H20O. The van der Waals surface area contributed by atoms with Crippen LogP contribution < -0.4 is 0 Å². The highest BCUT2D eigenvalue weighted by Crippen LogP contribution is 2.46. The van der Waals surface area contributed by atoms with Gasteiger partial charge in [-0.05, 0) is 41.9 Å². The molecular weight excluding hydrogens is 232 g/mol. The van der Waals surface area contributed by atoms with Crippen LogP contribution in [0.5, 0.6) is 5.75 Å². The lowest BCUT2D eigenvalue weighted by Crippen LogP contribution is -2.16. The Balaban J connectivity index is 1.96. The first-order valence-electron chi connectivity index (χ1n) is 7.19. The summed E-state index contributed by atoms with van der Waals surface area (Å²) < 4.78 is 0. The smallest absolute Gasteiger partial charge is 0.119 e. The standard InChI is InChI=1S/C18H20O/c19-18-13-7-6-12-17(18)16-11-5-4-10-15(16)14-8-2-1-3-9-14/h1-3,6-9,12-13,15-16,19H,4-5,10-11H2/t15-,16-/m1/s1. The molecule has 0 aromatic heterocycles. The van der Waals surface area contributed by atoms with Crippen LogP contribution in [0.15, 0.2) is 54.6 Å². The molecule has 1 aliphatic rings. The van der Waals surface area contributed by atoms with Crippen molar-refractivity contribution in [3.8, 4) is 5.75 Å². The maximum Gasteiger partial charge on any atom is 0.119 e. The molecule has 1 fully saturated rings. The quantitative estimate of drug-likeness (QED) is 0.811. The summed E-state index contributed by atoms with van der Waals surface area (Å²) in [6.07, 6.45) is 4.96. The van der Waals surface area contributed by atoms with Crippen LogP contribution >= 0.6 is 0 Å². The molecule has 98 valence electrons. The summed E-state index contributed by atoms with van der Waals surface area (Å²) in [4.78, 5) is 0. The normalized spacial score (nSPS) is 23.2. The van der Waals surface area contributed by atoms with Gasteiger partial charge in [-0.25, -0.2) is 0 Å². The SMILES string of the molecule is Oc1ccccc1[C@@H]1CCCC[C@@H]1c1ccccc1. The van der Waals surface area contributed by atoms with E-state index in [1.54, 1.807) is 0 Å². The molecule has 0 spiro atoms. The van der Waals surface area contributed by atoms with Gasteiger partial charge in [0.15, 0.2) is 0 Å². The Morgan fingerprint density at radius 3 is 2.11 bits per heavy atom. The Hall–Kier alpha value is -1.76. The minimum Gasteiger partial charge on any atom is -0.508 e. The fraction of sp³-hybridized carbons (Fsp3) is 0.333. The minimum absolute atomic E-state index is 0.454. The average Bonchev–Trinajstić information content (AvgIpc) is 2.49. The van der Waals surface area contributed by atoms with E-state index in [0.29, 0.717) is 17.6 Å². The number of hydrogen-bond acceptors (Lipinski definition) is 1. The molecule has 0 unspecified atom stereocenters. The van der Waals surface area contributed by atoms with Crippen molar-refractivity contribution >= 4 is 0 Å². The molecule has 0 radical (unpaired) electrons. The molecule has 1 aliphatic carbocycles. The molecule has 3 rings (SSSR count). The predicted molar refractivity (Wildman–Crippen MR) is 78.5 cm³/mol. The summed E-state index contributed by atoms with van der Waals surface area (Å²) in [5.74, 6) is 1.45. The summed E-state index contributed by atoms with van der Waals surface area (Å²) in [6, 6.07) is 18.6. The summed E-state index contributed by atoms with van der Waals surface area (Å²) >= 11 is 0. The Labute approximate surface area is 114 Å². The van der Waals surface area contributed by atoms with Gasteiger partial charge in [0.25, 0.3) is 0 Å². The van der Waals surface area contributed by atoms with Crippen LogP contribution in [0.1, 0.15) is 48.6 Å². The second-order valence-electron chi connectivity index (χ2n) is 5.47. The molecule has 0 aliphatic heterocycles. The molecule has 19 heavy (non-hydrogen) atoms. The van der Waals surface area contributed by atoms with Crippen molar-refractivity contribution in [2.75, 3.05) is 0 Å². The van der Waals surface area contributed by atoms with E-state index in [2.05, 4.69) is 36.4 Å². The maximum absolute atomic E-state index is 10.1. The third-order valence-electron chi connectivity index (χ3n) is 4.33. The molecule has 1 heteroatoms. The number of rotatable bonds is 2. The monoisotopic (exact) mass is 252 g/mol. The summed E-state index contributed by atoms with van der Waals surface area (Å²) in [5, 5.41) is 10.1. The Morgan fingerprint density at radius 2 is 1.37 bits per heavy atom. The number of hydrogen-bond donors (Lipinski definition) is 1. The van der Waals surface area contributed by atoms with E-state index in [0.717, 1.165) is 5.56 Å². The maximum atomic E-state index is 10.1. The third kappa shape index (κ3) is 2.51. The number of para-hydroxylation sites is 1. The molecule has 2 aromatic rings. The van der Waals surface area contributed by atoms with Gasteiger partial charge in [0, 0.05) is 0 Å². The van der Waals surface area contributed by atoms with Crippen molar-refractivity contribution in [3.05, 3.63) is 65.7 Å². The van der Waals surface area contributed by atoms with Gasteiger partial charge in [0.2, 0.25) is 0 Å². The third-order valence-corrected chi connectivity index (χ3v) is 4.33. The summed E-state index contributed by atoms with van der Waals surface area (Å²) in [5.41, 5.74) is 2.53. The molecule has 0 amide bonds. The first kappa shape index (κ1) is 12.3. The number of phenolic OH excluding ortho intramolecular Hbond substituents is 1. The highest BCUT2D eigenvalue weighted by atomic mass is 16.3. The van der Waals surface area contributed by atoms with Gasteiger partial charge in [0.1, 0.15) is 5.75 Å². The van der Waals surface area contributed by atoms with Crippen molar-refractivity contribution in [2.45, 2.75) is 37.5 Å². The largest absolute Gasteiger partial charge is 0.508 e. The fourth-order valence-electron chi connectivity index (χ4n) is 3.40. The highest BCUT2D eigenvalue weighted by Gasteiger charge is 2.29. The van der Waals surface area contributed by atoms with E-state index >= 15 is 0 Å². The fourth-order valence-corrected chi connectivity index (χ4v) is 3.40. The topological polar surface area (TPSA) is 20.2 Å². The van der Waals surface area contributed by atoms with Crippen LogP contribution in [-0.4, -0.2) is 5.11 Å². The molecule has 2 atom stereocenters. The molecule has 0 heterocycles. The van der Waals surface area contributed by atoms with Crippen molar-refractivity contribution < 1.29 is 5.11 Å². The second-order valence-corrected chi connectivity index (χ2v) is 5.47. The van der Waals surface area contributed by atoms with E-state index in [1.165, 1.54) is 31.2 Å². The summed E-state index contributed by atoms with van der Waals surface area (Å²) in [6.45, 7) is 0. The number of aromatic hydroxyl groups is 1. The molecule has 0 saturated heterocycles. The van der Waals surface area contributed by atoms with Crippen LogP contribution in [0.2, 0.25) is 0 Å². The van der Waals surface area contributed by atoms with Gasteiger partial charge in [0.05, 0.1) is 0 Å².